The average molecular weight is 270 g/mol. The molecule has 3 rings (SSSR count). The minimum atomic E-state index is 0.0630. The zero-order valence-electron chi connectivity index (χ0n) is 11.8. The van der Waals surface area contributed by atoms with Crippen molar-refractivity contribution in [3.63, 3.8) is 0 Å². The number of carbonyl (C=O) groups is 1. The molecule has 1 amide bonds. The standard InChI is InChI=1S/C17H22N2O/c20-17(19-13-8-4-2-1-3-5-9-13)15-12-18-16-11-7-6-10-14(15)16/h6-7,10-13,18H,1-5,8-9H2,(H,19,20). The number of carbonyl (C=O) groups excluding carboxylic acids is 1. The van der Waals surface area contributed by atoms with Crippen molar-refractivity contribution < 1.29 is 4.79 Å². The van der Waals surface area contributed by atoms with Gasteiger partial charge in [-0.3, -0.25) is 4.79 Å². The fraction of sp³-hybridized carbons (Fsp3) is 0.471. The third-order valence-corrected chi connectivity index (χ3v) is 4.27. The highest BCUT2D eigenvalue weighted by atomic mass is 16.1. The molecule has 0 bridgehead atoms. The third kappa shape index (κ3) is 2.87. The summed E-state index contributed by atoms with van der Waals surface area (Å²) in [5.41, 5.74) is 1.79. The maximum atomic E-state index is 12.5. The maximum absolute atomic E-state index is 12.5. The van der Waals surface area contributed by atoms with Gasteiger partial charge in [-0.1, -0.05) is 50.3 Å². The number of hydrogen-bond acceptors (Lipinski definition) is 1. The molecule has 1 aliphatic rings. The van der Waals surface area contributed by atoms with Crippen LogP contribution in [0.15, 0.2) is 30.5 Å². The van der Waals surface area contributed by atoms with Gasteiger partial charge >= 0.3 is 0 Å². The van der Waals surface area contributed by atoms with Gasteiger partial charge in [-0.05, 0) is 18.9 Å². The summed E-state index contributed by atoms with van der Waals surface area (Å²) < 4.78 is 0. The Balaban J connectivity index is 1.72. The van der Waals surface area contributed by atoms with E-state index in [0.29, 0.717) is 6.04 Å². The van der Waals surface area contributed by atoms with Crippen LogP contribution in [0.5, 0.6) is 0 Å². The summed E-state index contributed by atoms with van der Waals surface area (Å²) in [5.74, 6) is 0.0630. The Morgan fingerprint density at radius 1 is 1.05 bits per heavy atom. The summed E-state index contributed by atoms with van der Waals surface area (Å²) in [4.78, 5) is 15.6. The molecule has 0 radical (unpaired) electrons. The average Bonchev–Trinajstić information content (AvgIpc) is 2.85. The zero-order valence-corrected chi connectivity index (χ0v) is 11.8. The van der Waals surface area contributed by atoms with Crippen molar-refractivity contribution in [3.05, 3.63) is 36.0 Å². The molecule has 0 spiro atoms. The van der Waals surface area contributed by atoms with E-state index in [1.165, 1.54) is 32.1 Å². The summed E-state index contributed by atoms with van der Waals surface area (Å²) in [6.07, 6.45) is 10.5. The molecule has 1 aliphatic carbocycles. The molecular weight excluding hydrogens is 248 g/mol. The molecule has 2 N–H and O–H groups in total. The molecule has 1 fully saturated rings. The Labute approximate surface area is 119 Å². The first-order valence-electron chi connectivity index (χ1n) is 7.71. The number of rotatable bonds is 2. The summed E-state index contributed by atoms with van der Waals surface area (Å²) in [5, 5.41) is 4.23. The van der Waals surface area contributed by atoms with Crippen LogP contribution in [0.3, 0.4) is 0 Å². The van der Waals surface area contributed by atoms with Crippen molar-refractivity contribution in [1.29, 1.82) is 0 Å². The molecule has 0 unspecified atom stereocenters. The van der Waals surface area contributed by atoms with E-state index in [9.17, 15) is 4.79 Å². The van der Waals surface area contributed by atoms with Crippen molar-refractivity contribution in [2.45, 2.75) is 51.0 Å². The minimum absolute atomic E-state index is 0.0630. The minimum Gasteiger partial charge on any atom is -0.360 e. The molecule has 2 aromatic rings. The lowest BCUT2D eigenvalue weighted by Gasteiger charge is -2.20. The summed E-state index contributed by atoms with van der Waals surface area (Å²) in [6, 6.07) is 8.30. The van der Waals surface area contributed by atoms with Gasteiger partial charge in [0.05, 0.1) is 5.56 Å². The van der Waals surface area contributed by atoms with E-state index in [-0.39, 0.29) is 5.91 Å². The number of aromatic nitrogens is 1. The fourth-order valence-electron chi connectivity index (χ4n) is 3.12. The Kier molecular flexibility index (Phi) is 4.05. The van der Waals surface area contributed by atoms with Crippen LogP contribution in [0.1, 0.15) is 55.3 Å². The Morgan fingerprint density at radius 3 is 2.55 bits per heavy atom. The van der Waals surface area contributed by atoms with E-state index in [1.54, 1.807) is 0 Å². The Hall–Kier alpha value is -1.77. The zero-order chi connectivity index (χ0) is 13.8. The maximum Gasteiger partial charge on any atom is 0.253 e. The van der Waals surface area contributed by atoms with E-state index < -0.39 is 0 Å². The van der Waals surface area contributed by atoms with Crippen molar-refractivity contribution in [2.75, 3.05) is 0 Å². The molecule has 1 saturated carbocycles. The fourth-order valence-corrected chi connectivity index (χ4v) is 3.12. The van der Waals surface area contributed by atoms with Gasteiger partial charge in [-0.15, -0.1) is 0 Å². The van der Waals surface area contributed by atoms with Crippen molar-refractivity contribution in [1.82, 2.24) is 10.3 Å². The molecule has 1 aromatic heterocycles. The van der Waals surface area contributed by atoms with Gasteiger partial charge in [0.2, 0.25) is 0 Å². The largest absolute Gasteiger partial charge is 0.360 e. The van der Waals surface area contributed by atoms with Gasteiger partial charge in [0.25, 0.3) is 5.91 Å². The third-order valence-electron chi connectivity index (χ3n) is 4.27. The predicted octanol–water partition coefficient (Wildman–Crippen LogP) is 4.01. The summed E-state index contributed by atoms with van der Waals surface area (Å²) in [7, 11) is 0. The number of amides is 1. The highest BCUT2D eigenvalue weighted by Crippen LogP contribution is 2.20. The van der Waals surface area contributed by atoms with E-state index in [1.807, 2.05) is 30.5 Å². The molecule has 20 heavy (non-hydrogen) atoms. The molecule has 1 heterocycles. The Bertz CT molecular complexity index is 579. The lowest BCUT2D eigenvalue weighted by atomic mass is 9.96. The number of hydrogen-bond donors (Lipinski definition) is 2. The second-order valence-electron chi connectivity index (χ2n) is 5.76. The van der Waals surface area contributed by atoms with Crippen LogP contribution >= 0.6 is 0 Å². The van der Waals surface area contributed by atoms with Crippen LogP contribution < -0.4 is 5.32 Å². The topological polar surface area (TPSA) is 44.9 Å². The summed E-state index contributed by atoms with van der Waals surface area (Å²) in [6.45, 7) is 0. The first-order valence-corrected chi connectivity index (χ1v) is 7.71. The van der Waals surface area contributed by atoms with Crippen LogP contribution in [0.25, 0.3) is 10.9 Å². The molecule has 106 valence electrons. The molecule has 0 saturated heterocycles. The monoisotopic (exact) mass is 270 g/mol. The molecule has 1 aromatic carbocycles. The van der Waals surface area contributed by atoms with Crippen molar-refractivity contribution >= 4 is 16.8 Å². The van der Waals surface area contributed by atoms with Crippen LogP contribution in [-0.2, 0) is 0 Å². The number of para-hydroxylation sites is 1. The number of nitrogens with one attached hydrogen (secondary N) is 2. The molecular formula is C17H22N2O. The Morgan fingerprint density at radius 2 is 1.75 bits per heavy atom. The van der Waals surface area contributed by atoms with Gasteiger partial charge in [-0.25, -0.2) is 0 Å². The van der Waals surface area contributed by atoms with Crippen LogP contribution in [0.4, 0.5) is 0 Å². The van der Waals surface area contributed by atoms with Crippen molar-refractivity contribution in [3.8, 4) is 0 Å². The van der Waals surface area contributed by atoms with E-state index in [4.69, 9.17) is 0 Å². The second kappa shape index (κ2) is 6.12. The second-order valence-corrected chi connectivity index (χ2v) is 5.76. The quantitative estimate of drug-likeness (QED) is 0.851. The highest BCUT2D eigenvalue weighted by Gasteiger charge is 2.17. The van der Waals surface area contributed by atoms with Gasteiger partial charge in [0, 0.05) is 23.1 Å². The smallest absolute Gasteiger partial charge is 0.253 e. The lowest BCUT2D eigenvalue weighted by Crippen LogP contribution is -2.35. The van der Waals surface area contributed by atoms with Crippen molar-refractivity contribution in [2.24, 2.45) is 0 Å². The predicted molar refractivity (Wildman–Crippen MR) is 81.9 cm³/mol. The van der Waals surface area contributed by atoms with E-state index in [0.717, 1.165) is 29.3 Å². The number of fused-ring (bicyclic) bond motifs is 1. The highest BCUT2D eigenvalue weighted by molar-refractivity contribution is 6.06. The molecule has 0 atom stereocenters. The van der Waals surface area contributed by atoms with Crippen LogP contribution in [0, 0.1) is 0 Å². The first-order chi connectivity index (χ1) is 9.84. The lowest BCUT2D eigenvalue weighted by molar-refractivity contribution is 0.0932. The first kappa shape index (κ1) is 13.2. The molecule has 3 nitrogen and oxygen atoms in total. The van der Waals surface area contributed by atoms with Gasteiger partial charge in [-0.2, -0.15) is 0 Å². The van der Waals surface area contributed by atoms with E-state index in [2.05, 4.69) is 10.3 Å². The normalized spacial score (nSPS) is 17.6. The van der Waals surface area contributed by atoms with Crippen LogP contribution in [-0.4, -0.2) is 16.9 Å². The van der Waals surface area contributed by atoms with Gasteiger partial charge < -0.3 is 10.3 Å². The number of H-pyrrole nitrogens is 1. The molecule has 3 heteroatoms. The molecule has 0 aliphatic heterocycles. The summed E-state index contributed by atoms with van der Waals surface area (Å²) >= 11 is 0. The number of benzene rings is 1. The van der Waals surface area contributed by atoms with Gasteiger partial charge in [0.15, 0.2) is 0 Å². The SMILES string of the molecule is O=C(NC1CCCCCCC1)c1c[nH]c2ccccc12. The van der Waals surface area contributed by atoms with E-state index >= 15 is 0 Å². The van der Waals surface area contributed by atoms with Gasteiger partial charge in [0.1, 0.15) is 0 Å². The number of aromatic amines is 1. The van der Waals surface area contributed by atoms with Crippen LogP contribution in [0.2, 0.25) is 0 Å².